The van der Waals surface area contributed by atoms with Gasteiger partial charge in [-0.2, -0.15) is 0 Å². The summed E-state index contributed by atoms with van der Waals surface area (Å²) < 4.78 is 23.1. The number of aliphatic carboxylic acids is 1. The van der Waals surface area contributed by atoms with E-state index in [2.05, 4.69) is 5.32 Å². The third kappa shape index (κ3) is 4.01. The fourth-order valence-electron chi connectivity index (χ4n) is 1.44. The maximum absolute atomic E-state index is 12.0. The molecule has 9 nitrogen and oxygen atoms in total. The smallest absolute Gasteiger partial charge is 0.328 e. The van der Waals surface area contributed by atoms with Crippen molar-refractivity contribution in [1.29, 1.82) is 0 Å². The summed E-state index contributed by atoms with van der Waals surface area (Å²) in [4.78, 5) is 32.6. The van der Waals surface area contributed by atoms with Crippen molar-refractivity contribution < 1.29 is 28.0 Å². The average molecular weight is 330 g/mol. The van der Waals surface area contributed by atoms with Gasteiger partial charge in [0.05, 0.1) is 9.82 Å². The lowest BCUT2D eigenvalue weighted by molar-refractivity contribution is -0.385. The molecule has 1 aromatic carbocycles. The second kappa shape index (κ2) is 5.72. The van der Waals surface area contributed by atoms with Crippen molar-refractivity contribution in [2.45, 2.75) is 24.3 Å². The molecule has 1 aromatic rings. The Labute approximate surface area is 126 Å². The van der Waals surface area contributed by atoms with E-state index in [1.807, 2.05) is 0 Å². The molecule has 0 bridgehead atoms. The molecule has 10 heteroatoms. The second-order valence-electron chi connectivity index (χ2n) is 5.13. The Kier molecular flexibility index (Phi) is 4.56. The normalized spacial score (nSPS) is 11.8. The molecule has 120 valence electrons. The third-order valence-electron chi connectivity index (χ3n) is 2.75. The first-order chi connectivity index (χ1) is 9.84. The van der Waals surface area contributed by atoms with Crippen LogP contribution in [0.25, 0.3) is 0 Å². The molecule has 0 fully saturated rings. The highest BCUT2D eigenvalue weighted by atomic mass is 32.2. The van der Waals surface area contributed by atoms with Gasteiger partial charge in [-0.3, -0.25) is 14.9 Å². The summed E-state index contributed by atoms with van der Waals surface area (Å²) in [5.74, 6) is -2.24. The van der Waals surface area contributed by atoms with Gasteiger partial charge in [-0.25, -0.2) is 13.2 Å². The van der Waals surface area contributed by atoms with Gasteiger partial charge in [0, 0.05) is 24.0 Å². The number of amides is 1. The Morgan fingerprint density at radius 3 is 2.23 bits per heavy atom. The fourth-order valence-corrected chi connectivity index (χ4v) is 2.12. The van der Waals surface area contributed by atoms with E-state index >= 15 is 0 Å². The van der Waals surface area contributed by atoms with Crippen LogP contribution in [0.5, 0.6) is 0 Å². The number of hydrogen-bond acceptors (Lipinski definition) is 6. The Bertz CT molecular complexity index is 753. The molecular formula is C12H14N2O7S. The van der Waals surface area contributed by atoms with E-state index in [1.165, 1.54) is 13.8 Å². The molecule has 0 aliphatic heterocycles. The first kappa shape index (κ1) is 17.6. The first-order valence-corrected chi connectivity index (χ1v) is 7.79. The van der Waals surface area contributed by atoms with Gasteiger partial charge in [-0.15, -0.1) is 0 Å². The molecule has 0 aromatic heterocycles. The molecule has 0 spiro atoms. The van der Waals surface area contributed by atoms with Crippen molar-refractivity contribution in [3.63, 3.8) is 0 Å². The summed E-state index contributed by atoms with van der Waals surface area (Å²) in [6.07, 6.45) is 0.842. The maximum atomic E-state index is 12.0. The van der Waals surface area contributed by atoms with Crippen molar-refractivity contribution in [1.82, 2.24) is 5.32 Å². The predicted octanol–water partition coefficient (Wildman–Crippen LogP) is 0.591. The zero-order chi connectivity index (χ0) is 17.3. The Morgan fingerprint density at radius 2 is 1.82 bits per heavy atom. The van der Waals surface area contributed by atoms with Gasteiger partial charge in [-0.05, 0) is 19.9 Å². The van der Waals surface area contributed by atoms with Crippen LogP contribution in [-0.2, 0) is 14.6 Å². The second-order valence-corrected chi connectivity index (χ2v) is 7.14. The summed E-state index contributed by atoms with van der Waals surface area (Å²) >= 11 is 0. The summed E-state index contributed by atoms with van der Waals surface area (Å²) in [5.41, 5.74) is -2.52. The van der Waals surface area contributed by atoms with Crippen LogP contribution < -0.4 is 5.32 Å². The number of nitro benzene ring substituents is 1. The summed E-state index contributed by atoms with van der Waals surface area (Å²) in [6.45, 7) is 2.45. The standard InChI is InChI=1S/C12H14N2O7S/c1-12(2,11(16)17)13-10(15)7-4-8(14(18)19)6-9(5-7)22(3,20)21/h4-6H,1-3H3,(H,13,15)(H,16,17). The Balaban J connectivity index is 3.35. The third-order valence-corrected chi connectivity index (χ3v) is 3.85. The van der Waals surface area contributed by atoms with Crippen LogP contribution in [-0.4, -0.2) is 42.1 Å². The van der Waals surface area contributed by atoms with Crippen LogP contribution in [0, 0.1) is 10.1 Å². The molecule has 0 aliphatic carbocycles. The Morgan fingerprint density at radius 1 is 1.27 bits per heavy atom. The lowest BCUT2D eigenvalue weighted by Crippen LogP contribution is -2.49. The first-order valence-electron chi connectivity index (χ1n) is 5.90. The quantitative estimate of drug-likeness (QED) is 0.594. The number of benzene rings is 1. The molecule has 22 heavy (non-hydrogen) atoms. The molecule has 0 saturated heterocycles. The average Bonchev–Trinajstić information content (AvgIpc) is 2.36. The van der Waals surface area contributed by atoms with Gasteiger partial charge >= 0.3 is 5.97 Å². The molecule has 0 saturated carbocycles. The highest BCUT2D eigenvalue weighted by molar-refractivity contribution is 7.90. The zero-order valence-corrected chi connectivity index (χ0v) is 12.8. The van der Waals surface area contributed by atoms with Gasteiger partial charge in [0.25, 0.3) is 11.6 Å². The lowest BCUT2D eigenvalue weighted by atomic mass is 10.1. The molecule has 0 atom stereocenters. The lowest BCUT2D eigenvalue weighted by Gasteiger charge is -2.21. The number of carboxylic acids is 1. The minimum Gasteiger partial charge on any atom is -0.480 e. The summed E-state index contributed by atoms with van der Waals surface area (Å²) in [5, 5.41) is 21.9. The van der Waals surface area contributed by atoms with E-state index in [4.69, 9.17) is 5.11 Å². The number of hydrogen-bond donors (Lipinski definition) is 2. The molecule has 0 aliphatic rings. The summed E-state index contributed by atoms with van der Waals surface area (Å²) in [6, 6.07) is 2.66. The topological polar surface area (TPSA) is 144 Å². The fraction of sp³-hybridized carbons (Fsp3) is 0.333. The number of rotatable bonds is 5. The number of carboxylic acid groups (broad SMARTS) is 1. The highest BCUT2D eigenvalue weighted by Crippen LogP contribution is 2.21. The van der Waals surface area contributed by atoms with E-state index in [9.17, 15) is 28.1 Å². The van der Waals surface area contributed by atoms with Crippen LogP contribution in [0.1, 0.15) is 24.2 Å². The van der Waals surface area contributed by atoms with Crippen LogP contribution in [0.3, 0.4) is 0 Å². The number of nitrogens with one attached hydrogen (secondary N) is 1. The Hall–Kier alpha value is -2.49. The molecular weight excluding hydrogens is 316 g/mol. The minimum atomic E-state index is -3.78. The maximum Gasteiger partial charge on any atom is 0.328 e. The van der Waals surface area contributed by atoms with Crippen LogP contribution in [0.4, 0.5) is 5.69 Å². The van der Waals surface area contributed by atoms with Crippen molar-refractivity contribution in [2.24, 2.45) is 0 Å². The minimum absolute atomic E-state index is 0.316. The van der Waals surface area contributed by atoms with Crippen LogP contribution in [0.2, 0.25) is 0 Å². The van der Waals surface area contributed by atoms with Gasteiger partial charge in [-0.1, -0.05) is 0 Å². The van der Waals surface area contributed by atoms with E-state index in [0.717, 1.165) is 24.5 Å². The van der Waals surface area contributed by atoms with Crippen molar-refractivity contribution in [3.8, 4) is 0 Å². The summed E-state index contributed by atoms with van der Waals surface area (Å²) in [7, 11) is -3.78. The van der Waals surface area contributed by atoms with Crippen LogP contribution in [0.15, 0.2) is 23.1 Å². The molecule has 1 rings (SSSR count). The monoisotopic (exact) mass is 330 g/mol. The molecule has 0 heterocycles. The largest absolute Gasteiger partial charge is 0.480 e. The SMILES string of the molecule is CC(C)(NC(=O)c1cc([N+](=O)[O-])cc(S(C)(=O)=O)c1)C(=O)O. The van der Waals surface area contributed by atoms with Gasteiger partial charge in [0.15, 0.2) is 9.84 Å². The number of carbonyl (C=O) groups excluding carboxylic acids is 1. The van der Waals surface area contributed by atoms with E-state index in [0.29, 0.717) is 0 Å². The zero-order valence-electron chi connectivity index (χ0n) is 12.0. The van der Waals surface area contributed by atoms with Gasteiger partial charge in [0.2, 0.25) is 0 Å². The molecule has 0 unspecified atom stereocenters. The van der Waals surface area contributed by atoms with Crippen molar-refractivity contribution >= 4 is 27.4 Å². The van der Waals surface area contributed by atoms with Crippen molar-refractivity contribution in [2.75, 3.05) is 6.26 Å². The van der Waals surface area contributed by atoms with Gasteiger partial charge in [0.1, 0.15) is 5.54 Å². The van der Waals surface area contributed by atoms with Gasteiger partial charge < -0.3 is 10.4 Å². The van der Waals surface area contributed by atoms with Crippen molar-refractivity contribution in [3.05, 3.63) is 33.9 Å². The predicted molar refractivity (Wildman–Crippen MR) is 75.4 cm³/mol. The van der Waals surface area contributed by atoms with E-state index in [1.54, 1.807) is 0 Å². The van der Waals surface area contributed by atoms with E-state index in [-0.39, 0.29) is 5.56 Å². The highest BCUT2D eigenvalue weighted by Gasteiger charge is 2.30. The molecule has 1 amide bonds. The molecule has 2 N–H and O–H groups in total. The van der Waals surface area contributed by atoms with Crippen LogP contribution >= 0.6 is 0 Å². The molecule has 0 radical (unpaired) electrons. The number of nitro groups is 1. The number of nitrogens with zero attached hydrogens (tertiary/aromatic N) is 1. The van der Waals surface area contributed by atoms with E-state index < -0.39 is 42.8 Å². The number of non-ortho nitro benzene ring substituents is 1. The number of carbonyl (C=O) groups is 2. The number of sulfone groups is 1.